The number of carbonyl (C=O) groups is 4. The zero-order chi connectivity index (χ0) is 36.2. The van der Waals surface area contributed by atoms with E-state index in [2.05, 4.69) is 5.32 Å². The van der Waals surface area contributed by atoms with E-state index in [9.17, 15) is 28.0 Å². The summed E-state index contributed by atoms with van der Waals surface area (Å²) in [7, 11) is 5.61. The van der Waals surface area contributed by atoms with Crippen molar-refractivity contribution in [3.05, 3.63) is 82.4 Å². The van der Waals surface area contributed by atoms with Gasteiger partial charge in [-0.3, -0.25) is 9.59 Å². The Labute approximate surface area is 286 Å². The highest BCUT2D eigenvalue weighted by Gasteiger charge is 2.28. The fourth-order valence-electron chi connectivity index (χ4n) is 5.03. The summed E-state index contributed by atoms with van der Waals surface area (Å²) in [6.45, 7) is -0.0377. The summed E-state index contributed by atoms with van der Waals surface area (Å²) >= 11 is 0. The van der Waals surface area contributed by atoms with Crippen LogP contribution in [0.15, 0.2) is 48.5 Å². The van der Waals surface area contributed by atoms with E-state index in [1.165, 1.54) is 69.7 Å². The van der Waals surface area contributed by atoms with Crippen LogP contribution < -0.4 is 24.3 Å². The third kappa shape index (κ3) is 9.15. The van der Waals surface area contributed by atoms with Crippen LogP contribution in [0.25, 0.3) is 0 Å². The van der Waals surface area contributed by atoms with E-state index in [1.807, 2.05) is 0 Å². The van der Waals surface area contributed by atoms with Gasteiger partial charge in [-0.15, -0.1) is 0 Å². The molecule has 1 atom stereocenters. The third-order valence-electron chi connectivity index (χ3n) is 7.50. The molecule has 268 valence electrons. The molecule has 0 aliphatic carbocycles. The first-order valence-electron chi connectivity index (χ1n) is 15.2. The Kier molecular flexibility index (Phi) is 13.3. The van der Waals surface area contributed by atoms with Crippen LogP contribution in [0.2, 0.25) is 0 Å². The van der Waals surface area contributed by atoms with Gasteiger partial charge >= 0.3 is 12.1 Å². The van der Waals surface area contributed by atoms with Gasteiger partial charge in [-0.05, 0) is 55.7 Å². The average molecular weight is 703 g/mol. The number of methoxy groups -OCH3 is 4. The van der Waals surface area contributed by atoms with Crippen molar-refractivity contribution in [2.45, 2.75) is 25.3 Å². The van der Waals surface area contributed by atoms with Gasteiger partial charge in [0.15, 0.2) is 42.5 Å². The van der Waals surface area contributed by atoms with Gasteiger partial charge in [-0.25, -0.2) is 28.1 Å². The third-order valence-corrected chi connectivity index (χ3v) is 7.50. The van der Waals surface area contributed by atoms with Crippen LogP contribution in [0.1, 0.15) is 55.9 Å². The molecule has 3 aromatic rings. The van der Waals surface area contributed by atoms with Crippen LogP contribution in [-0.2, 0) is 19.2 Å². The lowest BCUT2D eigenvalue weighted by atomic mass is 10.0. The molecule has 14 nitrogen and oxygen atoms in total. The number of ketones is 1. The van der Waals surface area contributed by atoms with Gasteiger partial charge in [0.1, 0.15) is 11.3 Å². The van der Waals surface area contributed by atoms with E-state index in [0.29, 0.717) is 19.3 Å². The highest BCUT2D eigenvalue weighted by molar-refractivity contribution is 6.11. The maximum absolute atomic E-state index is 14.6. The van der Waals surface area contributed by atoms with Crippen LogP contribution in [-0.4, -0.2) is 89.8 Å². The summed E-state index contributed by atoms with van der Waals surface area (Å²) < 4.78 is 59.7. The molecule has 1 unspecified atom stereocenters. The molecule has 16 heteroatoms. The average Bonchev–Trinajstić information content (AvgIpc) is 3.38. The summed E-state index contributed by atoms with van der Waals surface area (Å²) in [4.78, 5) is 62.6. The molecular formula is C34H36F2N2O12. The standard InChI is InChI=1S/C34H36F2N2O12/c1-43-18-47-25-13-12-24(35)29(36)28(25)30(39)20-8-10-21(11-9-20)33(41)49-50-34(42)38-14-6-5-7-23(17-38)37-32(40)22-15-26(45-3)31(48-19-44-2)27(16-22)46-4/h8-13,15-16,23H,5-7,14,17-19H2,1-4H3,(H,37,40). The normalized spacial score (nSPS) is 14.2. The molecule has 0 radical (unpaired) electrons. The first-order valence-corrected chi connectivity index (χ1v) is 15.2. The fourth-order valence-corrected chi connectivity index (χ4v) is 5.03. The molecule has 1 aliphatic heterocycles. The molecule has 1 saturated heterocycles. The number of amides is 2. The van der Waals surface area contributed by atoms with E-state index >= 15 is 0 Å². The van der Waals surface area contributed by atoms with E-state index in [-0.39, 0.29) is 66.4 Å². The molecule has 1 N–H and O–H groups in total. The number of nitrogens with one attached hydrogen (secondary N) is 1. The second-order valence-electron chi connectivity index (χ2n) is 10.8. The van der Waals surface area contributed by atoms with Gasteiger partial charge in [-0.1, -0.05) is 12.1 Å². The van der Waals surface area contributed by atoms with Gasteiger partial charge in [0, 0.05) is 44.5 Å². The van der Waals surface area contributed by atoms with Crippen molar-refractivity contribution in [1.82, 2.24) is 10.2 Å². The number of nitrogens with zero attached hydrogens (tertiary/aromatic N) is 1. The highest BCUT2D eigenvalue weighted by atomic mass is 19.2. The summed E-state index contributed by atoms with van der Waals surface area (Å²) in [5, 5.41) is 2.90. The van der Waals surface area contributed by atoms with Crippen molar-refractivity contribution in [3.63, 3.8) is 0 Å². The Morgan fingerprint density at radius 1 is 0.780 bits per heavy atom. The number of benzene rings is 3. The molecule has 0 spiro atoms. The van der Waals surface area contributed by atoms with Crippen molar-refractivity contribution in [2.24, 2.45) is 0 Å². The Hall–Kier alpha value is -5.48. The summed E-state index contributed by atoms with van der Waals surface area (Å²) in [6.07, 6.45) is 0.889. The Bertz CT molecular complexity index is 1660. The SMILES string of the molecule is COCOc1ccc(F)c(F)c1C(=O)c1ccc(C(=O)OOC(=O)N2CCCCC(NC(=O)c3cc(OC)c(OCOC)c(OC)c3)C2)cc1. The summed E-state index contributed by atoms with van der Waals surface area (Å²) in [5.41, 5.74) is -0.613. The molecule has 3 aromatic carbocycles. The zero-order valence-electron chi connectivity index (χ0n) is 27.7. The minimum Gasteiger partial charge on any atom is -0.493 e. The topological polar surface area (TPSA) is 157 Å². The predicted octanol–water partition coefficient (Wildman–Crippen LogP) is 4.67. The minimum atomic E-state index is -1.41. The van der Waals surface area contributed by atoms with E-state index in [0.717, 1.165) is 12.1 Å². The maximum Gasteiger partial charge on any atom is 0.453 e. The zero-order valence-corrected chi connectivity index (χ0v) is 27.7. The monoisotopic (exact) mass is 702 g/mol. The van der Waals surface area contributed by atoms with Crippen molar-refractivity contribution in [2.75, 3.05) is 55.1 Å². The second kappa shape index (κ2) is 17.8. The number of rotatable bonds is 13. The fraction of sp³-hybridized carbons (Fsp3) is 0.353. The molecule has 1 fully saturated rings. The Morgan fingerprint density at radius 3 is 2.06 bits per heavy atom. The van der Waals surface area contributed by atoms with Gasteiger partial charge in [-0.2, -0.15) is 0 Å². The van der Waals surface area contributed by atoms with Gasteiger partial charge < -0.3 is 38.6 Å². The molecule has 2 amide bonds. The quantitative estimate of drug-likeness (QED) is 0.114. The first kappa shape index (κ1) is 37.3. The van der Waals surface area contributed by atoms with E-state index in [4.69, 9.17) is 38.2 Å². The van der Waals surface area contributed by atoms with Crippen LogP contribution in [0.5, 0.6) is 23.0 Å². The van der Waals surface area contributed by atoms with Crippen molar-refractivity contribution in [3.8, 4) is 23.0 Å². The molecule has 0 aromatic heterocycles. The van der Waals surface area contributed by atoms with Gasteiger partial charge in [0.25, 0.3) is 5.91 Å². The smallest absolute Gasteiger partial charge is 0.453 e. The van der Waals surface area contributed by atoms with Crippen molar-refractivity contribution >= 4 is 23.8 Å². The Balaban J connectivity index is 1.36. The number of hydrogen-bond acceptors (Lipinski definition) is 12. The number of hydrogen-bond donors (Lipinski definition) is 1. The second-order valence-corrected chi connectivity index (χ2v) is 10.8. The number of halogens is 2. The lowest BCUT2D eigenvalue weighted by Gasteiger charge is -2.24. The number of ether oxygens (including phenoxy) is 6. The van der Waals surface area contributed by atoms with Crippen LogP contribution in [0.3, 0.4) is 0 Å². The van der Waals surface area contributed by atoms with E-state index in [1.54, 1.807) is 0 Å². The van der Waals surface area contributed by atoms with Gasteiger partial charge in [0.2, 0.25) is 5.75 Å². The van der Waals surface area contributed by atoms with Crippen molar-refractivity contribution in [1.29, 1.82) is 0 Å². The summed E-state index contributed by atoms with van der Waals surface area (Å²) in [5.74, 6) is -4.54. The lowest BCUT2D eigenvalue weighted by Crippen LogP contribution is -2.45. The molecular weight excluding hydrogens is 666 g/mol. The predicted molar refractivity (Wildman–Crippen MR) is 169 cm³/mol. The molecule has 0 bridgehead atoms. The highest BCUT2D eigenvalue weighted by Crippen LogP contribution is 2.38. The van der Waals surface area contributed by atoms with Crippen molar-refractivity contribution < 1.29 is 66.2 Å². The molecule has 50 heavy (non-hydrogen) atoms. The largest absolute Gasteiger partial charge is 0.493 e. The van der Waals surface area contributed by atoms with Crippen LogP contribution >= 0.6 is 0 Å². The molecule has 1 aliphatic rings. The molecule has 4 rings (SSSR count). The summed E-state index contributed by atoms with van der Waals surface area (Å²) in [6, 6.07) is 9.18. The lowest BCUT2D eigenvalue weighted by molar-refractivity contribution is -0.192. The number of carbonyl (C=O) groups excluding carboxylic acids is 4. The minimum absolute atomic E-state index is 0.0644. The van der Waals surface area contributed by atoms with Crippen LogP contribution in [0, 0.1) is 11.6 Å². The Morgan fingerprint density at radius 2 is 1.42 bits per heavy atom. The molecule has 1 heterocycles. The molecule has 0 saturated carbocycles. The first-order chi connectivity index (χ1) is 24.1. The maximum atomic E-state index is 14.6. The van der Waals surface area contributed by atoms with Gasteiger partial charge in [0.05, 0.1) is 19.8 Å². The van der Waals surface area contributed by atoms with E-state index < -0.39 is 47.0 Å². The number of likely N-dealkylation sites (tertiary alicyclic amines) is 1. The van der Waals surface area contributed by atoms with Crippen LogP contribution in [0.4, 0.5) is 13.6 Å².